The fourth-order valence-corrected chi connectivity index (χ4v) is 5.08. The first-order valence-electron chi connectivity index (χ1n) is 11.3. The van der Waals surface area contributed by atoms with Crippen LogP contribution in [0.25, 0.3) is 4.72 Å². The third-order valence-corrected chi connectivity index (χ3v) is 7.33. The molecule has 178 valence electrons. The molecule has 1 amide bonds. The van der Waals surface area contributed by atoms with Crippen LogP contribution in [0.1, 0.15) is 27.9 Å². The fourth-order valence-electron chi connectivity index (χ4n) is 4.08. The van der Waals surface area contributed by atoms with E-state index in [9.17, 15) is 17.6 Å². The van der Waals surface area contributed by atoms with Crippen LogP contribution >= 0.6 is 0 Å². The highest BCUT2D eigenvalue weighted by Crippen LogP contribution is 2.30. The number of rotatable bonds is 6. The molecule has 1 N–H and O–H groups in total. The van der Waals surface area contributed by atoms with Gasteiger partial charge in [0.25, 0.3) is 5.91 Å². The largest absolute Gasteiger partial charge is 0.570 e. The van der Waals surface area contributed by atoms with E-state index in [0.29, 0.717) is 18.7 Å². The third kappa shape index (κ3) is 5.81. The van der Waals surface area contributed by atoms with Gasteiger partial charge in [-0.3, -0.25) is 4.79 Å². The second-order valence-electron chi connectivity index (χ2n) is 8.60. The minimum Gasteiger partial charge on any atom is -0.570 e. The molecule has 0 aromatic heterocycles. The van der Waals surface area contributed by atoms with Crippen LogP contribution in [0.15, 0.2) is 77.7 Å². The summed E-state index contributed by atoms with van der Waals surface area (Å²) in [6, 6.07) is 19.7. The van der Waals surface area contributed by atoms with Gasteiger partial charge in [-0.2, -0.15) is 0 Å². The van der Waals surface area contributed by atoms with Gasteiger partial charge in [0, 0.05) is 24.1 Å². The minimum atomic E-state index is -4.09. The Morgan fingerprint density at radius 2 is 1.68 bits per heavy atom. The Morgan fingerprint density at radius 1 is 0.971 bits per heavy atom. The Balaban J connectivity index is 1.38. The van der Waals surface area contributed by atoms with Crippen LogP contribution in [0, 0.1) is 12.7 Å². The zero-order valence-electron chi connectivity index (χ0n) is 19.1. The summed E-state index contributed by atoms with van der Waals surface area (Å²) in [6.45, 7) is 6.16. The summed E-state index contributed by atoms with van der Waals surface area (Å²) in [5, 5.41) is 0. The number of carbonyl (C=O) groups excluding carboxylic acids is 1. The zero-order valence-corrected chi connectivity index (χ0v) is 19.9. The standard InChI is InChI=1S/C26H27FN3O3S/c1-20-7-9-21(10-8-20)19-29-15-4-16-30(18-17-29)26(31)22-11-13-23(14-12-22)34(32,33)28-25-6-3-2-5-24(25)27/h2-3,5-14H,4,15-19H2,1H3/q-1/p+1. The van der Waals surface area contributed by atoms with Crippen LogP contribution in [0.3, 0.4) is 0 Å². The maximum atomic E-state index is 13.8. The van der Waals surface area contributed by atoms with Gasteiger partial charge in [-0.15, -0.1) is 0 Å². The average Bonchev–Trinajstić information content (AvgIpc) is 3.07. The van der Waals surface area contributed by atoms with Crippen molar-refractivity contribution < 1.29 is 22.5 Å². The number of hydrogen-bond donors (Lipinski definition) is 1. The maximum absolute atomic E-state index is 13.8. The number of nitrogens with zero attached hydrogens (tertiary/aromatic N) is 2. The highest BCUT2D eigenvalue weighted by atomic mass is 32.2. The van der Waals surface area contributed by atoms with E-state index in [2.05, 4.69) is 35.9 Å². The monoisotopic (exact) mass is 481 g/mol. The number of benzene rings is 3. The van der Waals surface area contributed by atoms with Crippen molar-refractivity contribution >= 4 is 21.6 Å². The number of nitrogens with one attached hydrogen (secondary N) is 1. The van der Waals surface area contributed by atoms with Crippen molar-refractivity contribution in [2.75, 3.05) is 26.2 Å². The molecule has 8 heteroatoms. The molecule has 1 heterocycles. The van der Waals surface area contributed by atoms with Crippen LogP contribution in [-0.4, -0.2) is 45.4 Å². The number of carbonyl (C=O) groups is 1. The van der Waals surface area contributed by atoms with E-state index in [1.807, 2.05) is 4.90 Å². The summed E-state index contributed by atoms with van der Waals surface area (Å²) in [6.07, 6.45) is 0.904. The van der Waals surface area contributed by atoms with Crippen molar-refractivity contribution in [1.82, 2.24) is 4.90 Å². The second kappa shape index (κ2) is 10.4. The first-order chi connectivity index (χ1) is 16.3. The molecule has 4 rings (SSSR count). The topological polar surface area (TPSA) is 73.0 Å². The summed E-state index contributed by atoms with van der Waals surface area (Å²) >= 11 is 0. The van der Waals surface area contributed by atoms with Gasteiger partial charge in [-0.05, 0) is 37.3 Å². The SMILES string of the molecule is Cc1ccc(C[NH+]2CCCN(C(=O)c3ccc(S(=O)(=O)[N-]c4ccccc4F)cc3)CC2)cc1. The lowest BCUT2D eigenvalue weighted by atomic mass is 10.1. The van der Waals surface area contributed by atoms with Gasteiger partial charge in [0.1, 0.15) is 22.4 Å². The van der Waals surface area contributed by atoms with Crippen molar-refractivity contribution in [2.45, 2.75) is 24.8 Å². The van der Waals surface area contributed by atoms with Gasteiger partial charge in [0.05, 0.1) is 24.5 Å². The molecule has 1 unspecified atom stereocenters. The van der Waals surface area contributed by atoms with Crippen molar-refractivity contribution in [3.05, 3.63) is 100 Å². The number of sulfonamides is 1. The van der Waals surface area contributed by atoms with Crippen LogP contribution in [-0.2, 0) is 16.6 Å². The van der Waals surface area contributed by atoms with E-state index in [4.69, 9.17) is 0 Å². The quantitative estimate of drug-likeness (QED) is 0.586. The normalized spacial score (nSPS) is 16.6. The molecule has 0 radical (unpaired) electrons. The Hall–Kier alpha value is -3.23. The van der Waals surface area contributed by atoms with E-state index in [-0.39, 0.29) is 16.5 Å². The molecule has 3 aromatic carbocycles. The summed E-state index contributed by atoms with van der Waals surface area (Å²) in [7, 11) is -4.09. The molecule has 1 atom stereocenters. The first-order valence-corrected chi connectivity index (χ1v) is 12.8. The predicted molar refractivity (Wildman–Crippen MR) is 129 cm³/mol. The van der Waals surface area contributed by atoms with Crippen LogP contribution < -0.4 is 4.90 Å². The molecule has 0 bridgehead atoms. The van der Waals surface area contributed by atoms with Crippen LogP contribution in [0.2, 0.25) is 0 Å². The predicted octanol–water partition coefficient (Wildman–Crippen LogP) is 3.46. The van der Waals surface area contributed by atoms with E-state index < -0.39 is 15.8 Å². The van der Waals surface area contributed by atoms with Gasteiger partial charge < -0.3 is 14.5 Å². The average molecular weight is 482 g/mol. The molecule has 1 fully saturated rings. The Labute approximate surface area is 200 Å². The summed E-state index contributed by atoms with van der Waals surface area (Å²) in [4.78, 5) is 16.2. The van der Waals surface area contributed by atoms with Crippen LogP contribution in [0.4, 0.5) is 10.1 Å². The van der Waals surface area contributed by atoms with Gasteiger partial charge in [0.2, 0.25) is 0 Å². The van der Waals surface area contributed by atoms with Gasteiger partial charge in [0.15, 0.2) is 0 Å². The lowest BCUT2D eigenvalue weighted by Crippen LogP contribution is -3.11. The molecule has 1 saturated heterocycles. The van der Waals surface area contributed by atoms with Crippen molar-refractivity contribution in [3.63, 3.8) is 0 Å². The minimum absolute atomic E-state index is 0.0862. The maximum Gasteiger partial charge on any atom is 0.254 e. The smallest absolute Gasteiger partial charge is 0.254 e. The molecule has 34 heavy (non-hydrogen) atoms. The summed E-state index contributed by atoms with van der Waals surface area (Å²) < 4.78 is 42.5. The summed E-state index contributed by atoms with van der Waals surface area (Å²) in [5.41, 5.74) is 2.71. The molecule has 6 nitrogen and oxygen atoms in total. The lowest BCUT2D eigenvalue weighted by molar-refractivity contribution is -0.911. The van der Waals surface area contributed by atoms with Crippen molar-refractivity contribution in [2.24, 2.45) is 0 Å². The molecule has 0 saturated carbocycles. The second-order valence-corrected chi connectivity index (χ2v) is 10.2. The van der Waals surface area contributed by atoms with Crippen molar-refractivity contribution in [1.29, 1.82) is 0 Å². The van der Waals surface area contributed by atoms with E-state index in [0.717, 1.165) is 32.1 Å². The molecule has 0 aliphatic carbocycles. The lowest BCUT2D eigenvalue weighted by Gasteiger charge is -2.23. The van der Waals surface area contributed by atoms with Gasteiger partial charge >= 0.3 is 0 Å². The van der Waals surface area contributed by atoms with Crippen molar-refractivity contribution in [3.8, 4) is 0 Å². The number of quaternary nitrogens is 1. The molecular formula is C26H28FN3O3S. The van der Waals surface area contributed by atoms with E-state index >= 15 is 0 Å². The van der Waals surface area contributed by atoms with Gasteiger partial charge in [-0.1, -0.05) is 53.7 Å². The molecular weight excluding hydrogens is 453 g/mol. The molecule has 1 aliphatic rings. The van der Waals surface area contributed by atoms with Gasteiger partial charge in [-0.25, -0.2) is 12.8 Å². The highest BCUT2D eigenvalue weighted by molar-refractivity contribution is 7.94. The Morgan fingerprint density at radius 3 is 2.38 bits per heavy atom. The van der Waals surface area contributed by atoms with Crippen LogP contribution in [0.5, 0.6) is 0 Å². The molecule has 0 spiro atoms. The first kappa shape index (κ1) is 23.9. The number of hydrogen-bond acceptors (Lipinski definition) is 3. The third-order valence-electron chi connectivity index (χ3n) is 6.03. The fraction of sp³-hybridized carbons (Fsp3) is 0.269. The highest BCUT2D eigenvalue weighted by Gasteiger charge is 2.22. The summed E-state index contributed by atoms with van der Waals surface area (Å²) in [5.74, 6) is -0.829. The Kier molecular flexibility index (Phi) is 7.29. The zero-order chi connectivity index (χ0) is 24.1. The van der Waals surface area contributed by atoms with E-state index in [1.165, 1.54) is 58.5 Å². The molecule has 1 aliphatic heterocycles. The number of halogens is 1. The number of amides is 1. The van der Waals surface area contributed by atoms with E-state index in [1.54, 1.807) is 0 Å². The Bertz CT molecular complexity index is 1250. The molecule has 3 aromatic rings. The number of aryl methyl sites for hydroxylation is 1.